The van der Waals surface area contributed by atoms with Crippen LogP contribution in [0.1, 0.15) is 25.0 Å². The van der Waals surface area contributed by atoms with E-state index in [1.807, 2.05) is 0 Å². The Hall–Kier alpha value is -4.82. The summed E-state index contributed by atoms with van der Waals surface area (Å²) in [7, 11) is 0. The predicted molar refractivity (Wildman–Crippen MR) is 165 cm³/mol. The van der Waals surface area contributed by atoms with Crippen molar-refractivity contribution in [2.75, 3.05) is 4.90 Å². The minimum absolute atomic E-state index is 0.217. The molecule has 0 radical (unpaired) electrons. The molecule has 0 amide bonds. The first-order valence-electron chi connectivity index (χ1n) is 13.6. The molecular formula is C37H28N2. The van der Waals surface area contributed by atoms with Crippen LogP contribution in [-0.4, -0.2) is 4.57 Å². The molecule has 0 saturated heterocycles. The van der Waals surface area contributed by atoms with Gasteiger partial charge in [-0.1, -0.05) is 105 Å². The van der Waals surface area contributed by atoms with E-state index >= 15 is 0 Å². The van der Waals surface area contributed by atoms with Gasteiger partial charge in [0.1, 0.15) is 0 Å². The molecule has 2 heteroatoms. The van der Waals surface area contributed by atoms with Crippen LogP contribution in [0.3, 0.4) is 0 Å². The van der Waals surface area contributed by atoms with Gasteiger partial charge in [0, 0.05) is 32.9 Å². The summed E-state index contributed by atoms with van der Waals surface area (Å²) >= 11 is 0. The van der Waals surface area contributed by atoms with Crippen molar-refractivity contribution in [3.8, 4) is 5.69 Å². The molecule has 0 unspecified atom stereocenters. The van der Waals surface area contributed by atoms with Gasteiger partial charge in [-0.05, 0) is 59.0 Å². The molecule has 0 N–H and O–H groups in total. The van der Waals surface area contributed by atoms with E-state index in [-0.39, 0.29) is 5.41 Å². The van der Waals surface area contributed by atoms with Crippen molar-refractivity contribution in [2.24, 2.45) is 0 Å². The van der Waals surface area contributed by atoms with E-state index in [1.165, 1.54) is 66.5 Å². The Kier molecular flexibility index (Phi) is 4.60. The maximum absolute atomic E-state index is 2.49. The monoisotopic (exact) mass is 500 g/mol. The molecule has 1 aliphatic rings. The quantitative estimate of drug-likeness (QED) is 0.229. The summed E-state index contributed by atoms with van der Waals surface area (Å²) in [5, 5.41) is 5.16. The van der Waals surface area contributed by atoms with E-state index in [2.05, 4.69) is 157 Å². The molecule has 6 aromatic carbocycles. The normalized spacial score (nSPS) is 14.1. The van der Waals surface area contributed by atoms with Crippen LogP contribution >= 0.6 is 0 Å². The molecule has 8 rings (SSSR count). The highest BCUT2D eigenvalue weighted by molar-refractivity contribution is 6.15. The zero-order valence-electron chi connectivity index (χ0n) is 22.1. The topological polar surface area (TPSA) is 8.17 Å². The summed E-state index contributed by atoms with van der Waals surface area (Å²) in [6, 6.07) is 48.5. The molecule has 1 aromatic heterocycles. The molecule has 186 valence electrons. The molecule has 0 saturated carbocycles. The third-order valence-corrected chi connectivity index (χ3v) is 8.51. The summed E-state index contributed by atoms with van der Waals surface area (Å²) in [6.45, 7) is 4.80. The molecule has 0 bridgehead atoms. The van der Waals surface area contributed by atoms with Gasteiger partial charge in [0.15, 0.2) is 0 Å². The fraction of sp³-hybridized carbons (Fsp3) is 0.0811. The van der Waals surface area contributed by atoms with Gasteiger partial charge in [-0.15, -0.1) is 0 Å². The van der Waals surface area contributed by atoms with Crippen LogP contribution in [-0.2, 0) is 5.41 Å². The van der Waals surface area contributed by atoms with Crippen LogP contribution in [0.5, 0.6) is 0 Å². The van der Waals surface area contributed by atoms with Crippen molar-refractivity contribution in [2.45, 2.75) is 19.3 Å². The van der Waals surface area contributed by atoms with E-state index in [0.29, 0.717) is 0 Å². The predicted octanol–water partition coefficient (Wildman–Crippen LogP) is 10.0. The minimum atomic E-state index is -0.217. The van der Waals surface area contributed by atoms with Crippen molar-refractivity contribution in [3.05, 3.63) is 145 Å². The first-order valence-corrected chi connectivity index (χ1v) is 13.6. The van der Waals surface area contributed by atoms with Crippen molar-refractivity contribution in [1.29, 1.82) is 0 Å². The fourth-order valence-electron chi connectivity index (χ4n) is 6.82. The van der Waals surface area contributed by atoms with E-state index in [4.69, 9.17) is 0 Å². The molecule has 0 atom stereocenters. The molecule has 1 aliphatic heterocycles. The van der Waals surface area contributed by atoms with Gasteiger partial charge < -0.3 is 9.47 Å². The SMILES string of the molecule is CC1(C)c2ccc3ccccc3c2N(c2ccccc2)c2ccc3c(c21)c1ccccc1n3-c1ccccc1. The molecule has 7 aromatic rings. The van der Waals surface area contributed by atoms with Gasteiger partial charge in [0.25, 0.3) is 0 Å². The summed E-state index contributed by atoms with van der Waals surface area (Å²) in [5.74, 6) is 0. The number of fused-ring (bicyclic) bond motifs is 8. The first kappa shape index (κ1) is 22.2. The largest absolute Gasteiger partial charge is 0.309 e. The Labute approximate surface area is 228 Å². The van der Waals surface area contributed by atoms with E-state index in [1.54, 1.807) is 0 Å². The molecule has 39 heavy (non-hydrogen) atoms. The second kappa shape index (κ2) is 8.09. The molecule has 0 aliphatic carbocycles. The second-order valence-corrected chi connectivity index (χ2v) is 11.0. The minimum Gasteiger partial charge on any atom is -0.309 e. The average molecular weight is 501 g/mol. The Morgan fingerprint density at radius 1 is 0.513 bits per heavy atom. The zero-order chi connectivity index (χ0) is 26.1. The lowest BCUT2D eigenvalue weighted by Crippen LogP contribution is -2.31. The number of nitrogens with zero attached hydrogens (tertiary/aromatic N) is 2. The lowest BCUT2D eigenvalue weighted by atomic mass is 9.71. The molecular weight excluding hydrogens is 472 g/mol. The number of anilines is 3. The third kappa shape index (κ3) is 3.03. The summed E-state index contributed by atoms with van der Waals surface area (Å²) in [4.78, 5) is 2.49. The number of rotatable bonds is 2. The molecule has 2 heterocycles. The third-order valence-electron chi connectivity index (χ3n) is 8.51. The van der Waals surface area contributed by atoms with Gasteiger partial charge in [0.05, 0.1) is 22.4 Å². The molecule has 2 nitrogen and oxygen atoms in total. The van der Waals surface area contributed by atoms with Crippen LogP contribution in [0.2, 0.25) is 0 Å². The number of benzene rings is 6. The van der Waals surface area contributed by atoms with Crippen LogP contribution in [0.15, 0.2) is 133 Å². The lowest BCUT2D eigenvalue weighted by molar-refractivity contribution is 0.639. The lowest BCUT2D eigenvalue weighted by Gasteiger charge is -2.43. The average Bonchev–Trinajstić information content (AvgIpc) is 3.32. The molecule has 0 fully saturated rings. The maximum atomic E-state index is 2.49. The summed E-state index contributed by atoms with van der Waals surface area (Å²) in [5.41, 5.74) is 9.87. The van der Waals surface area contributed by atoms with Gasteiger partial charge in [-0.2, -0.15) is 0 Å². The summed E-state index contributed by atoms with van der Waals surface area (Å²) < 4.78 is 2.42. The van der Waals surface area contributed by atoms with Crippen molar-refractivity contribution in [1.82, 2.24) is 4.57 Å². The van der Waals surface area contributed by atoms with Crippen LogP contribution < -0.4 is 4.90 Å². The Balaban J connectivity index is 1.56. The zero-order valence-corrected chi connectivity index (χ0v) is 22.1. The fourth-order valence-corrected chi connectivity index (χ4v) is 6.82. The van der Waals surface area contributed by atoms with Crippen LogP contribution in [0, 0.1) is 0 Å². The first-order chi connectivity index (χ1) is 19.1. The van der Waals surface area contributed by atoms with Crippen molar-refractivity contribution < 1.29 is 0 Å². The van der Waals surface area contributed by atoms with Gasteiger partial charge in [-0.3, -0.25) is 0 Å². The van der Waals surface area contributed by atoms with Gasteiger partial charge in [-0.25, -0.2) is 0 Å². The number of para-hydroxylation sites is 3. The van der Waals surface area contributed by atoms with E-state index < -0.39 is 0 Å². The second-order valence-electron chi connectivity index (χ2n) is 11.0. The van der Waals surface area contributed by atoms with Gasteiger partial charge >= 0.3 is 0 Å². The number of aromatic nitrogens is 1. The Bertz CT molecular complexity index is 2030. The Morgan fingerprint density at radius 2 is 1.15 bits per heavy atom. The highest BCUT2D eigenvalue weighted by Crippen LogP contribution is 2.57. The van der Waals surface area contributed by atoms with Gasteiger partial charge in [0.2, 0.25) is 0 Å². The van der Waals surface area contributed by atoms with Crippen molar-refractivity contribution >= 4 is 49.6 Å². The number of hydrogen-bond donors (Lipinski definition) is 0. The standard InChI is InChI=1S/C37H28N2/c1-37(2)30-22-21-25-13-9-10-18-28(25)36(30)39(27-16-7-4-8-17-27)33-24-23-32-34(35(33)37)29-19-11-12-20-31(29)38(32)26-14-5-3-6-15-26/h3-24H,1-2H3. The smallest absolute Gasteiger partial charge is 0.0581 e. The maximum Gasteiger partial charge on any atom is 0.0581 e. The molecule has 0 spiro atoms. The van der Waals surface area contributed by atoms with Crippen molar-refractivity contribution in [3.63, 3.8) is 0 Å². The highest BCUT2D eigenvalue weighted by Gasteiger charge is 2.40. The number of hydrogen-bond acceptors (Lipinski definition) is 1. The van der Waals surface area contributed by atoms with E-state index in [9.17, 15) is 0 Å². The Morgan fingerprint density at radius 3 is 1.92 bits per heavy atom. The highest BCUT2D eigenvalue weighted by atomic mass is 15.2. The van der Waals surface area contributed by atoms with Crippen LogP contribution in [0.4, 0.5) is 17.1 Å². The van der Waals surface area contributed by atoms with Crippen LogP contribution in [0.25, 0.3) is 38.3 Å². The van der Waals surface area contributed by atoms with E-state index in [0.717, 1.165) is 0 Å². The summed E-state index contributed by atoms with van der Waals surface area (Å²) in [6.07, 6.45) is 0.